The van der Waals surface area contributed by atoms with Crippen molar-refractivity contribution in [3.05, 3.63) is 84.4 Å². The van der Waals surface area contributed by atoms with Gasteiger partial charge in [0.1, 0.15) is 23.0 Å². The number of likely N-dealkylation sites (N-methyl/N-ethyl adjacent to an activating group) is 1. The average molecular weight is 594 g/mol. The normalized spacial score (nSPS) is 14.6. The van der Waals surface area contributed by atoms with Crippen LogP contribution in [0.2, 0.25) is 0 Å². The standard InChI is InChI=1S/C25H20BrF4N5O3/c1-33-4-6-34(7-5-33)19-20(22(37)21(19)36)35(17-10-15(26)9-16(27)11-17)12-14-3-2-13(8-18(14)28)24-31-32-25(38-24)23(29)30/h2-3,8-11,23H,4-7,12H2,1H3. The molecule has 8 nitrogen and oxygen atoms in total. The summed E-state index contributed by atoms with van der Waals surface area (Å²) in [5, 5.41) is 6.77. The number of hydrogen-bond acceptors (Lipinski definition) is 8. The molecule has 38 heavy (non-hydrogen) atoms. The van der Waals surface area contributed by atoms with E-state index >= 15 is 4.39 Å². The van der Waals surface area contributed by atoms with Gasteiger partial charge in [0.25, 0.3) is 16.7 Å². The minimum absolute atomic E-state index is 0.0546. The summed E-state index contributed by atoms with van der Waals surface area (Å²) in [5.41, 5.74) is -0.710. The molecule has 0 amide bonds. The van der Waals surface area contributed by atoms with E-state index in [0.29, 0.717) is 30.7 Å². The number of halogens is 5. The van der Waals surface area contributed by atoms with Gasteiger partial charge < -0.3 is 19.1 Å². The van der Waals surface area contributed by atoms with Gasteiger partial charge in [-0.1, -0.05) is 22.0 Å². The fourth-order valence-electron chi connectivity index (χ4n) is 4.35. The summed E-state index contributed by atoms with van der Waals surface area (Å²) in [6, 6.07) is 7.81. The first-order valence-corrected chi connectivity index (χ1v) is 12.3. The van der Waals surface area contributed by atoms with Crippen LogP contribution in [0, 0.1) is 11.6 Å². The number of piperazine rings is 1. The Morgan fingerprint density at radius 1 is 1.03 bits per heavy atom. The van der Waals surface area contributed by atoms with Crippen LogP contribution in [0.1, 0.15) is 17.9 Å². The first-order chi connectivity index (χ1) is 18.1. The Morgan fingerprint density at radius 3 is 2.39 bits per heavy atom. The van der Waals surface area contributed by atoms with Gasteiger partial charge in [-0.05, 0) is 37.4 Å². The van der Waals surface area contributed by atoms with Crippen LogP contribution in [0.5, 0.6) is 0 Å². The molecule has 0 saturated carbocycles. The van der Waals surface area contributed by atoms with E-state index in [1.807, 2.05) is 11.9 Å². The van der Waals surface area contributed by atoms with Gasteiger partial charge in [-0.15, -0.1) is 10.2 Å². The van der Waals surface area contributed by atoms with Gasteiger partial charge in [0, 0.05) is 47.5 Å². The molecule has 13 heteroatoms. The lowest BCUT2D eigenvalue weighted by Crippen LogP contribution is -2.51. The molecule has 0 N–H and O–H groups in total. The topological polar surface area (TPSA) is 82.8 Å². The summed E-state index contributed by atoms with van der Waals surface area (Å²) in [4.78, 5) is 30.8. The summed E-state index contributed by atoms with van der Waals surface area (Å²) in [5.74, 6) is -2.51. The predicted molar refractivity (Wildman–Crippen MR) is 136 cm³/mol. The number of benzene rings is 2. The van der Waals surface area contributed by atoms with Crippen molar-refractivity contribution < 1.29 is 22.0 Å². The van der Waals surface area contributed by atoms with E-state index in [1.54, 1.807) is 6.07 Å². The smallest absolute Gasteiger partial charge is 0.314 e. The Kier molecular flexibility index (Phi) is 7.05. The molecule has 0 atom stereocenters. The quantitative estimate of drug-likeness (QED) is 0.230. The molecule has 5 rings (SSSR count). The Labute approximate surface area is 221 Å². The van der Waals surface area contributed by atoms with Crippen molar-refractivity contribution in [2.75, 3.05) is 43.0 Å². The van der Waals surface area contributed by atoms with Gasteiger partial charge >= 0.3 is 6.43 Å². The fraction of sp³-hybridized carbons (Fsp3) is 0.280. The van der Waals surface area contributed by atoms with E-state index in [4.69, 9.17) is 4.42 Å². The van der Waals surface area contributed by atoms with Crippen molar-refractivity contribution in [1.82, 2.24) is 15.1 Å². The van der Waals surface area contributed by atoms with E-state index in [-0.39, 0.29) is 40.6 Å². The third-order valence-corrected chi connectivity index (χ3v) is 6.82. The van der Waals surface area contributed by atoms with Crippen molar-refractivity contribution in [2.24, 2.45) is 0 Å². The Balaban J connectivity index is 1.54. The van der Waals surface area contributed by atoms with Crippen molar-refractivity contribution in [3.63, 3.8) is 0 Å². The molecule has 1 saturated heterocycles. The predicted octanol–water partition coefficient (Wildman–Crippen LogP) is 4.40. The number of aromatic nitrogens is 2. The van der Waals surface area contributed by atoms with E-state index in [2.05, 4.69) is 31.0 Å². The Hall–Kier alpha value is -3.58. The van der Waals surface area contributed by atoms with Crippen LogP contribution in [0.15, 0.2) is 54.9 Å². The molecule has 0 spiro atoms. The van der Waals surface area contributed by atoms with E-state index < -0.39 is 34.8 Å². The Bertz CT molecular complexity index is 1540. The number of anilines is 3. The zero-order chi connectivity index (χ0) is 27.1. The largest absolute Gasteiger partial charge is 0.415 e. The van der Waals surface area contributed by atoms with Crippen molar-refractivity contribution in [3.8, 4) is 11.5 Å². The average Bonchev–Trinajstić information content (AvgIpc) is 3.38. The molecule has 0 bridgehead atoms. The van der Waals surface area contributed by atoms with E-state index in [0.717, 1.165) is 6.07 Å². The highest BCUT2D eigenvalue weighted by Crippen LogP contribution is 2.36. The van der Waals surface area contributed by atoms with Gasteiger partial charge in [-0.25, -0.2) is 8.78 Å². The van der Waals surface area contributed by atoms with Crippen molar-refractivity contribution in [1.29, 1.82) is 0 Å². The van der Waals surface area contributed by atoms with E-state index in [1.165, 1.54) is 29.2 Å². The monoisotopic (exact) mass is 593 g/mol. The van der Waals surface area contributed by atoms with Crippen LogP contribution >= 0.6 is 15.9 Å². The van der Waals surface area contributed by atoms with Crippen LogP contribution in [0.3, 0.4) is 0 Å². The molecular weight excluding hydrogens is 574 g/mol. The highest BCUT2D eigenvalue weighted by atomic mass is 79.9. The summed E-state index contributed by atoms with van der Waals surface area (Å²) < 4.78 is 60.5. The molecule has 1 aliphatic heterocycles. The highest BCUT2D eigenvalue weighted by molar-refractivity contribution is 9.10. The molecule has 4 aromatic rings. The number of nitrogens with zero attached hydrogens (tertiary/aromatic N) is 5. The number of rotatable bonds is 7. The summed E-state index contributed by atoms with van der Waals surface area (Å²) in [6.45, 7) is 2.18. The molecular formula is C25H20BrF4N5O3. The van der Waals surface area contributed by atoms with Gasteiger partial charge in [-0.2, -0.15) is 8.78 Å². The summed E-state index contributed by atoms with van der Waals surface area (Å²) in [6.07, 6.45) is -2.97. The Morgan fingerprint density at radius 2 is 1.76 bits per heavy atom. The maximum absolute atomic E-state index is 15.3. The molecule has 0 unspecified atom stereocenters. The molecule has 0 aliphatic carbocycles. The fourth-order valence-corrected chi connectivity index (χ4v) is 4.81. The lowest BCUT2D eigenvalue weighted by Gasteiger charge is -2.37. The minimum atomic E-state index is -2.97. The second-order valence-corrected chi connectivity index (χ2v) is 9.83. The van der Waals surface area contributed by atoms with Gasteiger partial charge in [0.2, 0.25) is 5.89 Å². The molecule has 1 aliphatic rings. The molecule has 1 fully saturated rings. The number of alkyl halides is 2. The lowest BCUT2D eigenvalue weighted by atomic mass is 10.1. The summed E-state index contributed by atoms with van der Waals surface area (Å²) >= 11 is 3.24. The van der Waals surface area contributed by atoms with Crippen LogP contribution in [-0.2, 0) is 6.54 Å². The first kappa shape index (κ1) is 26.0. The molecule has 1 aromatic heterocycles. The van der Waals surface area contributed by atoms with E-state index in [9.17, 15) is 22.8 Å². The number of hydrogen-bond donors (Lipinski definition) is 0. The molecule has 2 heterocycles. The van der Waals surface area contributed by atoms with Crippen LogP contribution in [-0.4, -0.2) is 48.3 Å². The SMILES string of the molecule is CN1CCN(c2c(N(Cc3ccc(-c4nnc(C(F)F)o4)cc3F)c3cc(F)cc(Br)c3)c(=O)c2=O)CC1. The summed E-state index contributed by atoms with van der Waals surface area (Å²) in [7, 11) is 1.95. The third kappa shape index (κ3) is 4.95. The minimum Gasteiger partial charge on any atom is -0.415 e. The lowest BCUT2D eigenvalue weighted by molar-refractivity contribution is 0.116. The first-order valence-electron chi connectivity index (χ1n) is 11.5. The zero-order valence-corrected chi connectivity index (χ0v) is 21.5. The third-order valence-electron chi connectivity index (χ3n) is 6.36. The van der Waals surface area contributed by atoms with Crippen LogP contribution in [0.4, 0.5) is 34.6 Å². The van der Waals surface area contributed by atoms with Crippen LogP contribution in [0.25, 0.3) is 11.5 Å². The van der Waals surface area contributed by atoms with Gasteiger partial charge in [-0.3, -0.25) is 9.59 Å². The maximum Gasteiger partial charge on any atom is 0.314 e. The molecule has 0 radical (unpaired) electrons. The molecule has 3 aromatic carbocycles. The second-order valence-electron chi connectivity index (χ2n) is 8.91. The van der Waals surface area contributed by atoms with Gasteiger partial charge in [0.15, 0.2) is 0 Å². The van der Waals surface area contributed by atoms with Gasteiger partial charge in [0.05, 0.1) is 6.54 Å². The van der Waals surface area contributed by atoms with Crippen molar-refractivity contribution >= 4 is 33.0 Å². The maximum atomic E-state index is 15.3. The van der Waals surface area contributed by atoms with Crippen LogP contribution < -0.4 is 20.7 Å². The zero-order valence-electron chi connectivity index (χ0n) is 19.9. The highest BCUT2D eigenvalue weighted by Gasteiger charge is 2.33. The molecule has 198 valence electrons. The second kappa shape index (κ2) is 10.3. The van der Waals surface area contributed by atoms with Crippen molar-refractivity contribution in [2.45, 2.75) is 13.0 Å².